The van der Waals surface area contributed by atoms with Gasteiger partial charge in [-0.1, -0.05) is 258 Å². The molecule has 0 atom stereocenters. The largest absolute Gasteiger partial charge is 0.405 e. The van der Waals surface area contributed by atoms with Crippen molar-refractivity contribution in [3.05, 3.63) is 219 Å². The number of unbranched alkanes of at least 4 members (excludes halogenated alkanes) is 5. The normalized spacial score (nSPS) is 16.8. The van der Waals surface area contributed by atoms with E-state index in [0.29, 0.717) is 0 Å². The number of hydrogen-bond donors (Lipinski definition) is 0. The predicted octanol–water partition coefficient (Wildman–Crippen LogP) is 7.36. The van der Waals surface area contributed by atoms with Crippen LogP contribution in [0.2, 0.25) is 6.04 Å². The average Bonchev–Trinajstić information content (AvgIpc) is 3.30. The lowest BCUT2D eigenvalue weighted by Crippen LogP contribution is -2.86. The molecule has 4 nitrogen and oxygen atoms in total. The Morgan fingerprint density at radius 2 is 0.517 bits per heavy atom. The van der Waals surface area contributed by atoms with Crippen molar-refractivity contribution in [2.24, 2.45) is 0 Å². The minimum atomic E-state index is -3.85. The molecule has 1 aliphatic rings. The highest BCUT2D eigenvalue weighted by Gasteiger charge is 2.67. The first-order chi connectivity index (χ1) is 28.6. The molecule has 0 unspecified atom stereocenters. The lowest BCUT2D eigenvalue weighted by molar-refractivity contribution is 0.259. The zero-order valence-corrected chi connectivity index (χ0v) is 37.0. The molecule has 1 fully saturated rings. The molecule has 8 heteroatoms. The van der Waals surface area contributed by atoms with Gasteiger partial charge in [-0.2, -0.15) is 0 Å². The van der Waals surface area contributed by atoms with Crippen molar-refractivity contribution in [1.82, 2.24) is 0 Å². The Kier molecular flexibility index (Phi) is 12.7. The molecule has 1 aliphatic heterocycles. The summed E-state index contributed by atoms with van der Waals surface area (Å²) in [6.45, 7) is 4.10. The molecule has 1 heterocycles. The summed E-state index contributed by atoms with van der Waals surface area (Å²) < 4.78 is 33.8. The quantitative estimate of drug-likeness (QED) is 0.0850. The Morgan fingerprint density at radius 1 is 0.276 bits per heavy atom. The molecular formula is C50H51O4Si4. The molecule has 0 N–H and O–H groups in total. The Bertz CT molecular complexity index is 2070. The van der Waals surface area contributed by atoms with Crippen LogP contribution in [0.1, 0.15) is 38.5 Å². The van der Waals surface area contributed by atoms with E-state index < -0.39 is 34.2 Å². The number of hydrogen-bond acceptors (Lipinski definition) is 4. The second-order valence-corrected chi connectivity index (χ2v) is 28.0. The molecule has 0 aromatic heterocycles. The zero-order valence-electron chi connectivity index (χ0n) is 33.0. The fourth-order valence-corrected chi connectivity index (χ4v) is 31.3. The summed E-state index contributed by atoms with van der Waals surface area (Å²) in [6.07, 6.45) is 6.42. The second kappa shape index (κ2) is 18.4. The third-order valence-corrected chi connectivity index (χ3v) is 29.4. The van der Waals surface area contributed by atoms with Crippen LogP contribution in [0.4, 0.5) is 0 Å². The maximum Gasteiger partial charge on any atom is 0.390 e. The summed E-state index contributed by atoms with van der Waals surface area (Å²) in [7, 11) is -15.0. The molecule has 0 aliphatic carbocycles. The Hall–Kier alpha value is -4.75. The first-order valence-corrected chi connectivity index (χ1v) is 28.1. The van der Waals surface area contributed by atoms with Crippen molar-refractivity contribution in [3.63, 3.8) is 0 Å². The van der Waals surface area contributed by atoms with Gasteiger partial charge in [0.25, 0.3) is 0 Å². The van der Waals surface area contributed by atoms with Gasteiger partial charge in [-0.3, -0.25) is 0 Å². The number of benzene rings is 7. The molecule has 58 heavy (non-hydrogen) atoms. The minimum Gasteiger partial charge on any atom is -0.405 e. The van der Waals surface area contributed by atoms with E-state index in [1.54, 1.807) is 0 Å². The van der Waals surface area contributed by atoms with Crippen LogP contribution in [0.3, 0.4) is 0 Å². The summed E-state index contributed by atoms with van der Waals surface area (Å²) >= 11 is 0. The Labute approximate surface area is 349 Å². The van der Waals surface area contributed by atoms with Crippen LogP contribution in [-0.4, -0.2) is 34.2 Å². The van der Waals surface area contributed by atoms with Crippen molar-refractivity contribution >= 4 is 70.6 Å². The van der Waals surface area contributed by atoms with E-state index in [1.165, 1.54) is 6.42 Å². The Balaban J connectivity index is 1.50. The molecule has 0 amide bonds. The van der Waals surface area contributed by atoms with Crippen LogP contribution in [-0.2, 0) is 16.5 Å². The van der Waals surface area contributed by atoms with E-state index in [1.807, 2.05) is 0 Å². The Morgan fingerprint density at radius 3 is 0.810 bits per heavy atom. The van der Waals surface area contributed by atoms with Crippen molar-refractivity contribution in [2.75, 3.05) is 0 Å². The summed E-state index contributed by atoms with van der Waals surface area (Å²) in [5.41, 5.74) is 0. The zero-order chi connectivity index (χ0) is 39.6. The van der Waals surface area contributed by atoms with Crippen LogP contribution in [0.25, 0.3) is 0 Å². The first kappa shape index (κ1) is 40.0. The van der Waals surface area contributed by atoms with E-state index >= 15 is 0 Å². The first-order valence-electron chi connectivity index (χ1n) is 20.6. The van der Waals surface area contributed by atoms with Crippen LogP contribution in [0.5, 0.6) is 0 Å². The molecule has 291 valence electrons. The molecule has 0 spiro atoms. The molecular weight excluding hydrogens is 777 g/mol. The third-order valence-electron chi connectivity index (χ3n) is 11.1. The smallest absolute Gasteiger partial charge is 0.390 e. The van der Waals surface area contributed by atoms with Crippen LogP contribution in [0, 0.1) is 6.92 Å². The van der Waals surface area contributed by atoms with Crippen molar-refractivity contribution in [2.45, 2.75) is 44.6 Å². The van der Waals surface area contributed by atoms with Crippen LogP contribution in [0.15, 0.2) is 212 Å². The van der Waals surface area contributed by atoms with Gasteiger partial charge in [0.05, 0.1) is 0 Å². The van der Waals surface area contributed by atoms with E-state index in [2.05, 4.69) is 219 Å². The van der Waals surface area contributed by atoms with Gasteiger partial charge in [0, 0.05) is 0 Å². The summed E-state index contributed by atoms with van der Waals surface area (Å²) in [5, 5.41) is 7.17. The molecule has 1 radical (unpaired) electrons. The van der Waals surface area contributed by atoms with Gasteiger partial charge in [-0.05, 0) is 42.4 Å². The maximum absolute atomic E-state index is 8.46. The third kappa shape index (κ3) is 8.12. The van der Waals surface area contributed by atoms with Gasteiger partial charge < -0.3 is 16.5 Å². The molecule has 1 saturated heterocycles. The summed E-state index contributed by atoms with van der Waals surface area (Å²) in [4.78, 5) is 0. The number of rotatable bonds is 14. The monoisotopic (exact) mass is 827 g/mol. The molecule has 7 aromatic carbocycles. The van der Waals surface area contributed by atoms with Gasteiger partial charge in [0.2, 0.25) is 0 Å². The summed E-state index contributed by atoms with van der Waals surface area (Å²) in [6, 6.07) is 75.4. The van der Waals surface area contributed by atoms with Crippen molar-refractivity contribution in [1.29, 1.82) is 0 Å². The van der Waals surface area contributed by atoms with Gasteiger partial charge in [-0.25, -0.2) is 0 Å². The van der Waals surface area contributed by atoms with Gasteiger partial charge in [-0.15, -0.1) is 0 Å². The minimum absolute atomic E-state index is 0.738. The molecule has 0 bridgehead atoms. The van der Waals surface area contributed by atoms with E-state index in [9.17, 15) is 0 Å². The van der Waals surface area contributed by atoms with E-state index in [4.69, 9.17) is 16.5 Å². The van der Waals surface area contributed by atoms with Crippen LogP contribution < -0.4 is 36.3 Å². The fraction of sp³-hybridized carbons (Fsp3) is 0.140. The highest BCUT2D eigenvalue weighted by molar-refractivity contribution is 7.14. The predicted molar refractivity (Wildman–Crippen MR) is 248 cm³/mol. The lowest BCUT2D eigenvalue weighted by atomic mass is 10.1. The molecule has 7 aromatic rings. The fourth-order valence-electron chi connectivity index (χ4n) is 8.23. The van der Waals surface area contributed by atoms with Crippen LogP contribution >= 0.6 is 0 Å². The summed E-state index contributed by atoms with van der Waals surface area (Å²) in [5.74, 6) is 0. The van der Waals surface area contributed by atoms with E-state index in [-0.39, 0.29) is 0 Å². The van der Waals surface area contributed by atoms with Gasteiger partial charge >= 0.3 is 34.2 Å². The highest BCUT2D eigenvalue weighted by Crippen LogP contribution is 2.35. The van der Waals surface area contributed by atoms with Gasteiger partial charge in [0.1, 0.15) is 0 Å². The topological polar surface area (TPSA) is 36.9 Å². The van der Waals surface area contributed by atoms with Gasteiger partial charge in [0.15, 0.2) is 0 Å². The molecule has 0 saturated carbocycles. The lowest BCUT2D eigenvalue weighted by Gasteiger charge is -2.53. The average molecular weight is 828 g/mol. The highest BCUT2D eigenvalue weighted by atomic mass is 28.5. The van der Waals surface area contributed by atoms with Crippen molar-refractivity contribution < 1.29 is 16.5 Å². The van der Waals surface area contributed by atoms with E-state index in [0.717, 1.165) is 74.5 Å². The molecule has 8 rings (SSSR count). The van der Waals surface area contributed by atoms with Crippen molar-refractivity contribution in [3.8, 4) is 0 Å². The maximum atomic E-state index is 8.46. The standard InChI is InChI=1S/C50H51O4Si4/c1-2-3-4-5-6-28-43-55(44-29-14-7-15-30-44)51-56(45-31-16-8-17-32-45,46-33-18-9-19-34-46)53-58(49-39-24-12-25-40-49,50-41-26-13-27-42-50)54-57(52-55,47-35-20-10-21-36-47)48-37-22-11-23-38-48/h7-27,29-42H,1-6,28,43H2. The second-order valence-electron chi connectivity index (χ2n) is 14.9. The SMILES string of the molecule is [CH2]CCCCCCC[Si]1(c2ccccc2)O[Si](c2ccccc2)(c2ccccc2)O[Si](c2ccccc2)(c2ccccc2)O[Si](c2ccccc2)(c2ccccc2)O1.